The van der Waals surface area contributed by atoms with E-state index in [1.165, 1.54) is 11.1 Å². The second kappa shape index (κ2) is 8.05. The molecule has 4 heteroatoms. The van der Waals surface area contributed by atoms with Crippen molar-refractivity contribution in [1.82, 2.24) is 4.57 Å². The summed E-state index contributed by atoms with van der Waals surface area (Å²) in [6, 6.07) is 18.1. The number of rotatable bonds is 4. The zero-order valence-electron chi connectivity index (χ0n) is 17.1. The van der Waals surface area contributed by atoms with Crippen molar-refractivity contribution in [1.29, 1.82) is 15.8 Å². The monoisotopic (exact) mass is 378 g/mol. The Hall–Kier alpha value is -3.81. The predicted octanol–water partition coefficient (Wildman–Crippen LogP) is 4.94. The molecule has 0 aliphatic carbocycles. The van der Waals surface area contributed by atoms with Crippen molar-refractivity contribution in [3.8, 4) is 18.2 Å². The first kappa shape index (κ1) is 19.9. The molecule has 0 bridgehead atoms. The molecule has 0 amide bonds. The van der Waals surface area contributed by atoms with Gasteiger partial charge in [-0.3, -0.25) is 0 Å². The van der Waals surface area contributed by atoms with Gasteiger partial charge in [-0.1, -0.05) is 17.7 Å². The van der Waals surface area contributed by atoms with Crippen molar-refractivity contribution in [2.75, 3.05) is 0 Å². The number of hydrogen-bond acceptors (Lipinski definition) is 3. The Kier molecular flexibility index (Phi) is 5.54. The Labute approximate surface area is 171 Å². The SMILES string of the molecule is Cc1cc(C)c(C(Cc2cccn2C)c2cc(C#N)c(C#N)cc2C#N)c(C)c1. The highest BCUT2D eigenvalue weighted by molar-refractivity contribution is 5.58. The van der Waals surface area contributed by atoms with Gasteiger partial charge in [0.15, 0.2) is 0 Å². The summed E-state index contributed by atoms with van der Waals surface area (Å²) in [5.41, 5.74) is 7.60. The minimum Gasteiger partial charge on any atom is -0.354 e. The van der Waals surface area contributed by atoms with Gasteiger partial charge in [0.05, 0.1) is 22.8 Å². The molecule has 4 nitrogen and oxygen atoms in total. The fraction of sp³-hybridized carbons (Fsp3) is 0.240. The summed E-state index contributed by atoms with van der Waals surface area (Å²) in [7, 11) is 2.01. The van der Waals surface area contributed by atoms with E-state index >= 15 is 0 Å². The van der Waals surface area contributed by atoms with E-state index < -0.39 is 0 Å². The molecule has 2 aromatic carbocycles. The second-order valence-electron chi connectivity index (χ2n) is 7.50. The highest BCUT2D eigenvalue weighted by Crippen LogP contribution is 2.36. The summed E-state index contributed by atoms with van der Waals surface area (Å²) in [4.78, 5) is 0. The topological polar surface area (TPSA) is 76.3 Å². The van der Waals surface area contributed by atoms with Crippen LogP contribution in [-0.2, 0) is 13.5 Å². The van der Waals surface area contributed by atoms with Gasteiger partial charge in [0, 0.05) is 24.9 Å². The van der Waals surface area contributed by atoms with Gasteiger partial charge in [-0.25, -0.2) is 0 Å². The van der Waals surface area contributed by atoms with Crippen molar-refractivity contribution in [2.24, 2.45) is 7.05 Å². The molecule has 142 valence electrons. The molecule has 0 fully saturated rings. The normalized spacial score (nSPS) is 11.3. The smallest absolute Gasteiger partial charge is 0.101 e. The third kappa shape index (κ3) is 3.77. The van der Waals surface area contributed by atoms with Crippen molar-refractivity contribution >= 4 is 0 Å². The van der Waals surface area contributed by atoms with E-state index in [0.29, 0.717) is 17.5 Å². The van der Waals surface area contributed by atoms with Gasteiger partial charge in [-0.05, 0) is 73.7 Å². The number of aromatic nitrogens is 1. The highest BCUT2D eigenvalue weighted by Gasteiger charge is 2.24. The number of hydrogen-bond donors (Lipinski definition) is 0. The van der Waals surface area contributed by atoms with Gasteiger partial charge in [-0.2, -0.15) is 15.8 Å². The quantitative estimate of drug-likeness (QED) is 0.645. The molecule has 3 rings (SSSR count). The number of benzene rings is 2. The average molecular weight is 378 g/mol. The van der Waals surface area contributed by atoms with Crippen molar-refractivity contribution in [3.63, 3.8) is 0 Å². The molecule has 0 radical (unpaired) electrons. The Morgan fingerprint density at radius 1 is 0.862 bits per heavy atom. The summed E-state index contributed by atoms with van der Waals surface area (Å²) in [5, 5.41) is 28.7. The van der Waals surface area contributed by atoms with E-state index in [9.17, 15) is 15.8 Å². The molecule has 0 N–H and O–H groups in total. The van der Waals surface area contributed by atoms with Crippen LogP contribution in [0, 0.1) is 54.8 Å². The van der Waals surface area contributed by atoms with Crippen molar-refractivity contribution in [3.05, 3.63) is 92.8 Å². The van der Waals surface area contributed by atoms with Gasteiger partial charge in [0.25, 0.3) is 0 Å². The lowest BCUT2D eigenvalue weighted by molar-refractivity contribution is 0.724. The molecule has 1 unspecified atom stereocenters. The van der Waals surface area contributed by atoms with Crippen LogP contribution in [0.2, 0.25) is 0 Å². The summed E-state index contributed by atoms with van der Waals surface area (Å²) in [6.45, 7) is 6.26. The van der Waals surface area contributed by atoms with Crippen molar-refractivity contribution in [2.45, 2.75) is 33.1 Å². The lowest BCUT2D eigenvalue weighted by Gasteiger charge is -2.24. The number of nitriles is 3. The van der Waals surface area contributed by atoms with Crippen LogP contribution < -0.4 is 0 Å². The minimum absolute atomic E-state index is 0.0984. The maximum atomic E-state index is 9.81. The molecule has 1 aromatic heterocycles. The lowest BCUT2D eigenvalue weighted by Crippen LogP contribution is -2.13. The molecule has 1 heterocycles. The third-order valence-electron chi connectivity index (χ3n) is 5.48. The lowest BCUT2D eigenvalue weighted by atomic mass is 9.79. The number of aryl methyl sites for hydroxylation is 4. The molecule has 1 atom stereocenters. The van der Waals surface area contributed by atoms with E-state index in [-0.39, 0.29) is 11.5 Å². The molecule has 0 saturated carbocycles. The van der Waals surface area contributed by atoms with Crippen LogP contribution in [0.3, 0.4) is 0 Å². The maximum Gasteiger partial charge on any atom is 0.101 e. The van der Waals surface area contributed by atoms with E-state index in [1.54, 1.807) is 12.1 Å². The van der Waals surface area contributed by atoms with E-state index in [1.807, 2.05) is 25.4 Å². The molecule has 0 saturated heterocycles. The Morgan fingerprint density at radius 3 is 1.97 bits per heavy atom. The standard InChI is InChI=1S/C25H22N4/c1-16-8-17(2)25(18(3)9-16)24(12-22-6-5-7-29(22)4)23-11-20(14-27)19(13-26)10-21(23)15-28/h5-11,24H,12H2,1-4H3. The summed E-state index contributed by atoms with van der Waals surface area (Å²) < 4.78 is 2.08. The van der Waals surface area contributed by atoms with Crippen LogP contribution in [-0.4, -0.2) is 4.57 Å². The van der Waals surface area contributed by atoms with Crippen molar-refractivity contribution < 1.29 is 0 Å². The molecule has 0 spiro atoms. The third-order valence-corrected chi connectivity index (χ3v) is 5.48. The van der Waals surface area contributed by atoms with Gasteiger partial charge >= 0.3 is 0 Å². The first-order valence-electron chi connectivity index (χ1n) is 9.45. The summed E-state index contributed by atoms with van der Waals surface area (Å²) in [6.07, 6.45) is 2.70. The number of nitrogens with zero attached hydrogens (tertiary/aromatic N) is 4. The van der Waals surface area contributed by atoms with E-state index in [0.717, 1.165) is 22.4 Å². The zero-order valence-corrected chi connectivity index (χ0v) is 17.1. The van der Waals surface area contributed by atoms with E-state index in [2.05, 4.69) is 55.7 Å². The maximum absolute atomic E-state index is 9.81. The molecule has 0 aliphatic heterocycles. The Balaban J connectivity index is 2.31. The Bertz CT molecular complexity index is 1190. The molecule has 3 aromatic rings. The Morgan fingerprint density at radius 2 is 1.45 bits per heavy atom. The first-order chi connectivity index (χ1) is 13.9. The van der Waals surface area contributed by atoms with Crippen LogP contribution in [0.5, 0.6) is 0 Å². The minimum atomic E-state index is -0.0984. The summed E-state index contributed by atoms with van der Waals surface area (Å²) >= 11 is 0. The molecule has 29 heavy (non-hydrogen) atoms. The van der Waals surface area contributed by atoms with Gasteiger partial charge < -0.3 is 4.57 Å². The first-order valence-corrected chi connectivity index (χ1v) is 9.45. The van der Waals surface area contributed by atoms with Gasteiger partial charge in [0.1, 0.15) is 12.1 Å². The zero-order chi connectivity index (χ0) is 21.1. The fourth-order valence-electron chi connectivity index (χ4n) is 4.21. The second-order valence-corrected chi connectivity index (χ2v) is 7.50. The van der Waals surface area contributed by atoms with Gasteiger partial charge in [0.2, 0.25) is 0 Å². The van der Waals surface area contributed by atoms with E-state index in [4.69, 9.17) is 0 Å². The van der Waals surface area contributed by atoms with Crippen LogP contribution in [0.1, 0.15) is 56.1 Å². The fourth-order valence-corrected chi connectivity index (χ4v) is 4.21. The van der Waals surface area contributed by atoms with Gasteiger partial charge in [-0.15, -0.1) is 0 Å². The highest BCUT2D eigenvalue weighted by atomic mass is 14.9. The average Bonchev–Trinajstić information content (AvgIpc) is 3.09. The van der Waals surface area contributed by atoms with Crippen LogP contribution in [0.15, 0.2) is 42.6 Å². The van der Waals surface area contributed by atoms with Crippen LogP contribution in [0.4, 0.5) is 0 Å². The molecular formula is C25H22N4. The van der Waals surface area contributed by atoms with Crippen LogP contribution in [0.25, 0.3) is 0 Å². The van der Waals surface area contributed by atoms with Crippen LogP contribution >= 0.6 is 0 Å². The molecular weight excluding hydrogens is 356 g/mol. The largest absolute Gasteiger partial charge is 0.354 e. The molecule has 0 aliphatic rings. The predicted molar refractivity (Wildman–Crippen MR) is 112 cm³/mol. The summed E-state index contributed by atoms with van der Waals surface area (Å²) in [5.74, 6) is -0.0984.